The molecule has 0 spiro atoms. The van der Waals surface area contributed by atoms with Crippen molar-refractivity contribution in [2.24, 2.45) is 0 Å². The van der Waals surface area contributed by atoms with Crippen LogP contribution in [0.2, 0.25) is 0 Å². The lowest BCUT2D eigenvalue weighted by Gasteiger charge is -2.26. The van der Waals surface area contributed by atoms with E-state index in [0.29, 0.717) is 31.7 Å². The van der Waals surface area contributed by atoms with Crippen LogP contribution in [0.1, 0.15) is 10.5 Å². The molecule has 2 heterocycles. The van der Waals surface area contributed by atoms with E-state index < -0.39 is 5.82 Å². The number of rotatable bonds is 1. The Balaban J connectivity index is 1.96. The zero-order chi connectivity index (χ0) is 13.2. The molecule has 1 aliphatic rings. The first-order valence-corrected chi connectivity index (χ1v) is 6.18. The molecule has 0 saturated carbocycles. The Kier molecular flexibility index (Phi) is 3.13. The average Bonchev–Trinajstić information content (AvgIpc) is 2.47. The lowest BCUT2D eigenvalue weighted by Crippen LogP contribution is -2.41. The second-order valence-electron chi connectivity index (χ2n) is 4.41. The number of para-hydroxylation sites is 1. The van der Waals surface area contributed by atoms with Gasteiger partial charge in [-0.25, -0.2) is 9.37 Å². The van der Waals surface area contributed by atoms with Crippen LogP contribution in [0, 0.1) is 5.82 Å². The topological polar surface area (TPSA) is 42.4 Å². The molecule has 3 rings (SSSR count). The molecule has 0 radical (unpaired) electrons. The van der Waals surface area contributed by atoms with Crippen LogP contribution in [0.3, 0.4) is 0 Å². The van der Waals surface area contributed by atoms with Gasteiger partial charge >= 0.3 is 0 Å². The van der Waals surface area contributed by atoms with Crippen molar-refractivity contribution in [3.63, 3.8) is 0 Å². The predicted octanol–water partition coefficient (Wildman–Crippen LogP) is 1.85. The van der Waals surface area contributed by atoms with E-state index in [1.165, 1.54) is 6.07 Å². The number of ether oxygens (including phenoxy) is 1. The van der Waals surface area contributed by atoms with Gasteiger partial charge in [-0.2, -0.15) is 0 Å². The molecule has 1 amide bonds. The van der Waals surface area contributed by atoms with Gasteiger partial charge in [0.05, 0.1) is 13.2 Å². The highest BCUT2D eigenvalue weighted by molar-refractivity contribution is 5.95. The molecule has 1 aromatic heterocycles. The number of hydrogen-bond acceptors (Lipinski definition) is 3. The molecule has 1 saturated heterocycles. The molecule has 1 aromatic carbocycles. The molecule has 0 N–H and O–H groups in total. The fraction of sp³-hybridized carbons (Fsp3) is 0.286. The van der Waals surface area contributed by atoms with E-state index in [1.807, 2.05) is 0 Å². The van der Waals surface area contributed by atoms with Crippen molar-refractivity contribution < 1.29 is 13.9 Å². The third-order valence-corrected chi connectivity index (χ3v) is 3.19. The van der Waals surface area contributed by atoms with E-state index in [4.69, 9.17) is 4.74 Å². The fourth-order valence-corrected chi connectivity index (χ4v) is 2.16. The van der Waals surface area contributed by atoms with Crippen LogP contribution < -0.4 is 0 Å². The molecule has 1 fully saturated rings. The average molecular weight is 260 g/mol. The molecule has 0 bridgehead atoms. The lowest BCUT2D eigenvalue weighted by molar-refractivity contribution is 0.0299. The zero-order valence-electron chi connectivity index (χ0n) is 10.3. The van der Waals surface area contributed by atoms with Gasteiger partial charge in [0.15, 0.2) is 0 Å². The van der Waals surface area contributed by atoms with Crippen LogP contribution in [0.25, 0.3) is 10.9 Å². The zero-order valence-corrected chi connectivity index (χ0v) is 10.3. The number of carbonyl (C=O) groups is 1. The predicted molar refractivity (Wildman–Crippen MR) is 68.4 cm³/mol. The van der Waals surface area contributed by atoms with Crippen LogP contribution >= 0.6 is 0 Å². The number of amides is 1. The number of halogens is 1. The first-order valence-electron chi connectivity index (χ1n) is 6.18. The number of aromatic nitrogens is 1. The van der Waals surface area contributed by atoms with Gasteiger partial charge in [-0.15, -0.1) is 0 Å². The fourth-order valence-electron chi connectivity index (χ4n) is 2.16. The SMILES string of the molecule is O=C(c1ccc2cccc(F)c2n1)N1CCOCC1. The molecule has 98 valence electrons. The minimum Gasteiger partial charge on any atom is -0.378 e. The first-order chi connectivity index (χ1) is 9.25. The van der Waals surface area contributed by atoms with Crippen molar-refractivity contribution in [2.75, 3.05) is 26.3 Å². The summed E-state index contributed by atoms with van der Waals surface area (Å²) in [5.41, 5.74) is 0.515. The summed E-state index contributed by atoms with van der Waals surface area (Å²) in [7, 11) is 0. The summed E-state index contributed by atoms with van der Waals surface area (Å²) in [4.78, 5) is 18.1. The van der Waals surface area contributed by atoms with E-state index in [0.717, 1.165) is 0 Å². The molecule has 1 aliphatic heterocycles. The second-order valence-corrected chi connectivity index (χ2v) is 4.41. The van der Waals surface area contributed by atoms with Crippen molar-refractivity contribution >= 4 is 16.8 Å². The molecule has 4 nitrogen and oxygen atoms in total. The molecule has 5 heteroatoms. The highest BCUT2D eigenvalue weighted by Crippen LogP contribution is 2.17. The molecular weight excluding hydrogens is 247 g/mol. The summed E-state index contributed by atoms with van der Waals surface area (Å²) in [6, 6.07) is 8.11. The van der Waals surface area contributed by atoms with Gasteiger partial charge in [-0.1, -0.05) is 18.2 Å². The number of pyridine rings is 1. The van der Waals surface area contributed by atoms with Crippen LogP contribution in [0.5, 0.6) is 0 Å². The van der Waals surface area contributed by atoms with Crippen molar-refractivity contribution in [3.8, 4) is 0 Å². The maximum atomic E-state index is 13.7. The Labute approximate surface area is 109 Å². The maximum absolute atomic E-state index is 13.7. The van der Waals surface area contributed by atoms with Gasteiger partial charge in [-0.3, -0.25) is 4.79 Å². The monoisotopic (exact) mass is 260 g/mol. The highest BCUT2D eigenvalue weighted by Gasteiger charge is 2.20. The van der Waals surface area contributed by atoms with Gasteiger partial charge in [0.2, 0.25) is 0 Å². The van der Waals surface area contributed by atoms with E-state index in [9.17, 15) is 9.18 Å². The molecule has 0 unspecified atom stereocenters. The number of hydrogen-bond donors (Lipinski definition) is 0. The Morgan fingerprint density at radius 2 is 2.00 bits per heavy atom. The van der Waals surface area contributed by atoms with Crippen LogP contribution in [0.15, 0.2) is 30.3 Å². The van der Waals surface area contributed by atoms with E-state index in [2.05, 4.69) is 4.98 Å². The van der Waals surface area contributed by atoms with Crippen LogP contribution in [0.4, 0.5) is 4.39 Å². The normalized spacial score (nSPS) is 15.7. The number of fused-ring (bicyclic) bond motifs is 1. The standard InChI is InChI=1S/C14H13FN2O2/c15-11-3-1-2-10-4-5-12(16-13(10)11)14(18)17-6-8-19-9-7-17/h1-5H,6-9H2. The highest BCUT2D eigenvalue weighted by atomic mass is 19.1. The van der Waals surface area contributed by atoms with Gasteiger partial charge in [0.1, 0.15) is 17.0 Å². The summed E-state index contributed by atoms with van der Waals surface area (Å²) in [5, 5.41) is 0.693. The molecule has 19 heavy (non-hydrogen) atoms. The van der Waals surface area contributed by atoms with Crippen molar-refractivity contribution in [3.05, 3.63) is 41.8 Å². The first kappa shape index (κ1) is 12.0. The van der Waals surface area contributed by atoms with E-state index in [1.54, 1.807) is 29.2 Å². The number of carbonyl (C=O) groups excluding carboxylic acids is 1. The quantitative estimate of drug-likeness (QED) is 0.785. The number of morpholine rings is 1. The lowest BCUT2D eigenvalue weighted by atomic mass is 10.2. The summed E-state index contributed by atoms with van der Waals surface area (Å²) in [5.74, 6) is -0.581. The Bertz CT molecular complexity index is 624. The third-order valence-electron chi connectivity index (χ3n) is 3.19. The summed E-state index contributed by atoms with van der Waals surface area (Å²) < 4.78 is 18.9. The molecule has 2 aromatic rings. The molecular formula is C14H13FN2O2. The van der Waals surface area contributed by atoms with Gasteiger partial charge in [0.25, 0.3) is 5.91 Å². The summed E-state index contributed by atoms with van der Waals surface area (Å²) in [6.07, 6.45) is 0. The van der Waals surface area contributed by atoms with Crippen molar-refractivity contribution in [1.29, 1.82) is 0 Å². The van der Waals surface area contributed by atoms with E-state index in [-0.39, 0.29) is 17.1 Å². The Morgan fingerprint density at radius 3 is 2.79 bits per heavy atom. The number of nitrogens with zero attached hydrogens (tertiary/aromatic N) is 2. The Morgan fingerprint density at radius 1 is 1.21 bits per heavy atom. The third kappa shape index (κ3) is 2.29. The summed E-state index contributed by atoms with van der Waals surface area (Å²) in [6.45, 7) is 2.17. The second kappa shape index (κ2) is 4.93. The van der Waals surface area contributed by atoms with Gasteiger partial charge in [-0.05, 0) is 12.1 Å². The van der Waals surface area contributed by atoms with Crippen LogP contribution in [-0.4, -0.2) is 42.1 Å². The molecule has 0 aliphatic carbocycles. The minimum atomic E-state index is -0.408. The van der Waals surface area contributed by atoms with E-state index >= 15 is 0 Å². The Hall–Kier alpha value is -2.01. The summed E-state index contributed by atoms with van der Waals surface area (Å²) >= 11 is 0. The van der Waals surface area contributed by atoms with Gasteiger partial charge in [0, 0.05) is 18.5 Å². The smallest absolute Gasteiger partial charge is 0.272 e. The largest absolute Gasteiger partial charge is 0.378 e. The van der Waals surface area contributed by atoms with Crippen molar-refractivity contribution in [1.82, 2.24) is 9.88 Å². The molecule has 0 atom stereocenters. The van der Waals surface area contributed by atoms with Gasteiger partial charge < -0.3 is 9.64 Å². The minimum absolute atomic E-state index is 0.173. The maximum Gasteiger partial charge on any atom is 0.272 e. The number of benzene rings is 1. The van der Waals surface area contributed by atoms with Crippen molar-refractivity contribution in [2.45, 2.75) is 0 Å². The van der Waals surface area contributed by atoms with Crippen LogP contribution in [-0.2, 0) is 4.74 Å².